The number of benzene rings is 8. The summed E-state index contributed by atoms with van der Waals surface area (Å²) in [4.78, 5) is 2.41. The van der Waals surface area contributed by atoms with E-state index in [0.29, 0.717) is 6.54 Å². The van der Waals surface area contributed by atoms with E-state index in [2.05, 4.69) is 200 Å². The second-order valence-electron chi connectivity index (χ2n) is 16.4. The van der Waals surface area contributed by atoms with E-state index < -0.39 is 5.60 Å². The Kier molecular flexibility index (Phi) is 6.68. The Morgan fingerprint density at radius 1 is 0.593 bits per heavy atom. The number of fused-ring (bicyclic) bond motifs is 16. The molecule has 59 heavy (non-hydrogen) atoms. The molecular weight excluding hydrogens is 717 g/mol. The number of hydrogen-bond acceptors (Lipinski definition) is 2. The maximum atomic E-state index is 7.54. The van der Waals surface area contributed by atoms with Crippen molar-refractivity contribution in [1.29, 1.82) is 0 Å². The Balaban J connectivity index is 0.962. The van der Waals surface area contributed by atoms with Crippen molar-refractivity contribution < 1.29 is 4.74 Å². The highest BCUT2D eigenvalue weighted by atomic mass is 16.5. The zero-order valence-corrected chi connectivity index (χ0v) is 32.7. The standard InChI is InChI=1S/C56H38N2O/c1-3-56(28-27-52-55(56)43-19-10-11-20-50(43)58(52)36-24-26-42-45(31-36)38-16-7-9-18-40(38)47-33-49(42)47)59-53-22-13-21-51-54(53)34(2)14-5-4-12-29-57(51)35-23-25-41-44(30-35)37-15-6-8-17-39(37)46-32-48(41)46/h4-28,30-33H,2-3,29H2,1H3/b12-4-,14-5-. The number of nitrogens with zero attached hydrogens (tertiary/aromatic N) is 2. The first-order valence-electron chi connectivity index (χ1n) is 20.7. The third kappa shape index (κ3) is 4.64. The lowest BCUT2D eigenvalue weighted by atomic mass is 9.92. The summed E-state index contributed by atoms with van der Waals surface area (Å²) in [6.07, 6.45) is 18.5. The maximum absolute atomic E-state index is 7.54. The molecule has 0 amide bonds. The molecule has 3 nitrogen and oxygen atoms in total. The van der Waals surface area contributed by atoms with Gasteiger partial charge in [0.05, 0.1) is 16.9 Å². The highest BCUT2D eigenvalue weighted by Gasteiger charge is 2.41. The molecular formula is C56H38N2O. The average Bonchev–Trinajstić information content (AvgIpc) is 4.20. The van der Waals surface area contributed by atoms with Crippen LogP contribution in [0.15, 0.2) is 164 Å². The van der Waals surface area contributed by atoms with E-state index in [1.54, 1.807) is 0 Å². The molecule has 278 valence electrons. The summed E-state index contributed by atoms with van der Waals surface area (Å²) < 4.78 is 9.97. The lowest BCUT2D eigenvalue weighted by molar-refractivity contribution is 0.119. The minimum absolute atomic E-state index is 0.701. The van der Waals surface area contributed by atoms with Crippen LogP contribution in [0, 0.1) is 12.8 Å². The highest BCUT2D eigenvalue weighted by molar-refractivity contribution is 6.17. The van der Waals surface area contributed by atoms with Crippen LogP contribution in [0.1, 0.15) is 52.4 Å². The SMILES string of the molecule is C=C1/C=C\C=C/CN(c2ccc3c4c(c5ccccc5c3c2)[CH]4)c2cccc(OC3(CC)C=Cc4c3c3ccccc3n4-c3ccc4c5c(c6ccccc6c4c3)[CH]5)c21. The molecule has 2 heterocycles. The fraction of sp³-hybridized carbons (Fsp3) is 0.0714. The Bertz CT molecular complexity index is 3470. The zero-order valence-electron chi connectivity index (χ0n) is 32.7. The van der Waals surface area contributed by atoms with Gasteiger partial charge < -0.3 is 14.2 Å². The second kappa shape index (κ2) is 12.0. The molecule has 1 aliphatic heterocycles. The molecule has 8 aromatic carbocycles. The third-order valence-electron chi connectivity index (χ3n) is 13.3. The maximum Gasteiger partial charge on any atom is 0.155 e. The van der Waals surface area contributed by atoms with E-state index in [1.165, 1.54) is 81.8 Å². The molecule has 4 aliphatic rings. The summed E-state index contributed by atoms with van der Waals surface area (Å²) >= 11 is 0. The molecule has 0 saturated heterocycles. The van der Waals surface area contributed by atoms with E-state index in [9.17, 15) is 0 Å². The number of ether oxygens (including phenoxy) is 1. The molecule has 3 heteroatoms. The molecule has 0 saturated carbocycles. The zero-order chi connectivity index (χ0) is 39.0. The average molecular weight is 755 g/mol. The van der Waals surface area contributed by atoms with Crippen LogP contribution in [0.4, 0.5) is 11.4 Å². The first-order chi connectivity index (χ1) is 29.1. The monoisotopic (exact) mass is 754 g/mol. The summed E-state index contributed by atoms with van der Waals surface area (Å²) in [6.45, 7) is 7.60. The highest BCUT2D eigenvalue weighted by Crippen LogP contribution is 2.51. The van der Waals surface area contributed by atoms with Crippen molar-refractivity contribution >= 4 is 77.0 Å². The number of rotatable bonds is 5. The number of aromatic nitrogens is 1. The molecule has 0 fully saturated rings. The minimum Gasteiger partial charge on any atom is -0.478 e. The topological polar surface area (TPSA) is 17.4 Å². The van der Waals surface area contributed by atoms with Crippen molar-refractivity contribution in [2.75, 3.05) is 11.4 Å². The fourth-order valence-corrected chi connectivity index (χ4v) is 10.4. The predicted molar refractivity (Wildman–Crippen MR) is 247 cm³/mol. The van der Waals surface area contributed by atoms with Gasteiger partial charge in [0.25, 0.3) is 0 Å². The Morgan fingerprint density at radius 2 is 1.20 bits per heavy atom. The number of para-hydroxylation sites is 1. The van der Waals surface area contributed by atoms with Crippen molar-refractivity contribution in [3.63, 3.8) is 0 Å². The van der Waals surface area contributed by atoms with Gasteiger partial charge in [-0.25, -0.2) is 0 Å². The first kappa shape index (κ1) is 32.9. The molecule has 2 radical (unpaired) electrons. The number of allylic oxidation sites excluding steroid dienone is 4. The van der Waals surface area contributed by atoms with Gasteiger partial charge >= 0.3 is 0 Å². The van der Waals surface area contributed by atoms with E-state index in [4.69, 9.17) is 4.74 Å². The summed E-state index contributed by atoms with van der Waals surface area (Å²) in [5.74, 6) is 0.820. The van der Waals surface area contributed by atoms with Gasteiger partial charge in [-0.05, 0) is 132 Å². The van der Waals surface area contributed by atoms with Crippen LogP contribution in [0.5, 0.6) is 5.75 Å². The van der Waals surface area contributed by atoms with E-state index in [1.807, 2.05) is 0 Å². The number of anilines is 2. The lowest BCUT2D eigenvalue weighted by Crippen LogP contribution is -2.29. The van der Waals surface area contributed by atoms with Crippen molar-refractivity contribution in [2.24, 2.45) is 0 Å². The predicted octanol–water partition coefficient (Wildman–Crippen LogP) is 14.1. The summed E-state index contributed by atoms with van der Waals surface area (Å²) in [6, 6.07) is 46.8. The first-order valence-corrected chi connectivity index (χ1v) is 20.7. The normalized spacial score (nSPS) is 18.4. The van der Waals surface area contributed by atoms with Gasteiger partial charge in [-0.3, -0.25) is 0 Å². The van der Waals surface area contributed by atoms with Crippen molar-refractivity contribution in [3.8, 4) is 11.4 Å². The van der Waals surface area contributed by atoms with Crippen LogP contribution in [0.25, 0.3) is 71.3 Å². The van der Waals surface area contributed by atoms with Gasteiger partial charge in [-0.2, -0.15) is 0 Å². The molecule has 0 spiro atoms. The van der Waals surface area contributed by atoms with E-state index >= 15 is 0 Å². The van der Waals surface area contributed by atoms with Gasteiger partial charge in [0.2, 0.25) is 0 Å². The van der Waals surface area contributed by atoms with E-state index in [-0.39, 0.29) is 0 Å². The molecule has 9 aromatic rings. The summed E-state index contributed by atoms with van der Waals surface area (Å²) in [7, 11) is 0. The fourth-order valence-electron chi connectivity index (χ4n) is 10.4. The minimum atomic E-state index is -0.702. The Hall–Kier alpha value is -7.10. The van der Waals surface area contributed by atoms with Gasteiger partial charge in [-0.15, -0.1) is 0 Å². The van der Waals surface area contributed by atoms with Crippen molar-refractivity contribution in [3.05, 3.63) is 216 Å². The largest absolute Gasteiger partial charge is 0.478 e. The van der Waals surface area contributed by atoms with Gasteiger partial charge in [0.15, 0.2) is 5.60 Å². The number of hydrogen-bond donors (Lipinski definition) is 0. The molecule has 0 N–H and O–H groups in total. The van der Waals surface area contributed by atoms with Gasteiger partial charge in [0, 0.05) is 47.3 Å². The molecule has 3 aliphatic carbocycles. The molecule has 13 rings (SSSR count). The lowest BCUT2D eigenvalue weighted by Gasteiger charge is -2.32. The van der Waals surface area contributed by atoms with Crippen molar-refractivity contribution in [2.45, 2.75) is 18.9 Å². The van der Waals surface area contributed by atoms with Crippen LogP contribution in [-0.2, 0) is 5.60 Å². The molecule has 1 aromatic heterocycles. The van der Waals surface area contributed by atoms with Crippen LogP contribution in [-0.4, -0.2) is 11.1 Å². The summed E-state index contributed by atoms with van der Waals surface area (Å²) in [5.41, 5.74) is 13.6. The molecule has 1 unspecified atom stereocenters. The Labute approximate surface area is 343 Å². The van der Waals surface area contributed by atoms with Crippen LogP contribution in [0.2, 0.25) is 0 Å². The van der Waals surface area contributed by atoms with Crippen LogP contribution >= 0.6 is 0 Å². The molecule has 0 bridgehead atoms. The van der Waals surface area contributed by atoms with Gasteiger partial charge in [0.1, 0.15) is 5.75 Å². The second-order valence-corrected chi connectivity index (χ2v) is 16.4. The van der Waals surface area contributed by atoms with Crippen LogP contribution < -0.4 is 9.64 Å². The molecule has 1 atom stereocenters. The van der Waals surface area contributed by atoms with Crippen molar-refractivity contribution in [1.82, 2.24) is 4.57 Å². The van der Waals surface area contributed by atoms with E-state index in [0.717, 1.165) is 46.1 Å². The quantitative estimate of drug-likeness (QED) is 0.163. The Morgan fingerprint density at radius 3 is 1.90 bits per heavy atom. The third-order valence-corrected chi connectivity index (χ3v) is 13.3. The summed E-state index contributed by atoms with van der Waals surface area (Å²) in [5, 5.41) is 11.7. The van der Waals surface area contributed by atoms with Crippen LogP contribution in [0.3, 0.4) is 0 Å². The smallest absolute Gasteiger partial charge is 0.155 e. The van der Waals surface area contributed by atoms with Gasteiger partial charge in [-0.1, -0.05) is 123 Å².